The van der Waals surface area contributed by atoms with Crippen molar-refractivity contribution in [3.05, 3.63) is 0 Å². The molecule has 1 nitrogen and oxygen atoms in total. The fourth-order valence-electron chi connectivity index (χ4n) is 0.410. The first-order valence-electron chi connectivity index (χ1n) is 2.10. The summed E-state index contributed by atoms with van der Waals surface area (Å²) in [4.78, 5) is 0. The summed E-state index contributed by atoms with van der Waals surface area (Å²) in [6.45, 7) is 2.44. The number of hydrogen-bond acceptors (Lipinski definition) is 1. The van der Waals surface area contributed by atoms with Crippen molar-refractivity contribution in [1.82, 2.24) is 5.32 Å². The van der Waals surface area contributed by atoms with Crippen molar-refractivity contribution in [1.29, 1.82) is 0 Å². The lowest BCUT2D eigenvalue weighted by molar-refractivity contribution is 0.839. The molecule has 0 spiro atoms. The largest absolute Gasteiger partial charge is 0.312 e. The van der Waals surface area contributed by atoms with E-state index in [2.05, 4.69) is 9.33 Å². The minimum atomic E-state index is 0.527. The Balaban J connectivity index is 2.26. The van der Waals surface area contributed by atoms with Gasteiger partial charge in [-0.25, -0.2) is 0 Å². The highest BCUT2D eigenvalue weighted by Gasteiger charge is 1.85. The smallest absolute Gasteiger partial charge is 0.0188 e. The minimum absolute atomic E-state index is 0.527. The van der Waals surface area contributed by atoms with Gasteiger partial charge in [-0.2, -0.15) is 0 Å². The number of alkyl halides is 1. The number of nitrogens with one attached hydrogen (secondary N) is 1. The molecule has 0 bridgehead atoms. The Morgan fingerprint density at radius 2 is 2.67 bits per heavy atom. The lowest BCUT2D eigenvalue weighted by Crippen LogP contribution is -2.21. The highest BCUT2D eigenvalue weighted by Crippen LogP contribution is 1.93. The third kappa shape index (κ3) is 1.34. The zero-order valence-corrected chi connectivity index (χ0v) is 5.73. The van der Waals surface area contributed by atoms with Crippen molar-refractivity contribution in [2.75, 3.05) is 17.5 Å². The Morgan fingerprint density at radius 3 is 2.83 bits per heavy atom. The van der Waals surface area contributed by atoms with Crippen LogP contribution in [-0.2, 0) is 0 Å². The Bertz CT molecular complexity index is 52.6. The van der Waals surface area contributed by atoms with Crippen LogP contribution in [0.25, 0.3) is 0 Å². The van der Waals surface area contributed by atoms with Crippen molar-refractivity contribution in [3.63, 3.8) is 0 Å². The lowest BCUT2D eigenvalue weighted by atomic mass is 10.7. The molecule has 0 radical (unpaired) electrons. The molecule has 0 saturated heterocycles. The summed E-state index contributed by atoms with van der Waals surface area (Å²) in [5, 5.41) is 3.26. The van der Waals surface area contributed by atoms with Gasteiger partial charge >= 0.3 is 0 Å². The zero-order chi connectivity index (χ0) is 4.24. The first-order chi connectivity index (χ1) is 3.00. The molecule has 6 heavy (non-hydrogen) atoms. The SMILES string of the molecule is C1=ICCNC1. The van der Waals surface area contributed by atoms with Gasteiger partial charge < -0.3 is 5.32 Å². The normalized spacial score (nSPS) is 22.7. The lowest BCUT2D eigenvalue weighted by Gasteiger charge is -2.00. The highest BCUT2D eigenvalue weighted by molar-refractivity contribution is 14.2. The van der Waals surface area contributed by atoms with E-state index < -0.39 is 0 Å². The Labute approximate surface area is 47.9 Å². The average molecular weight is 197 g/mol. The van der Waals surface area contributed by atoms with Crippen molar-refractivity contribution in [2.45, 2.75) is 0 Å². The van der Waals surface area contributed by atoms with Crippen molar-refractivity contribution < 1.29 is 0 Å². The molecule has 0 amide bonds. The molecule has 0 saturated carbocycles. The molecule has 1 aliphatic rings. The molecule has 1 rings (SSSR count). The summed E-state index contributed by atoms with van der Waals surface area (Å²) >= 11 is 0.527. The number of hydrogen-bond donors (Lipinski definition) is 1. The average Bonchev–Trinajstić information content (AvgIpc) is 1.72. The quantitative estimate of drug-likeness (QED) is 0.436. The third-order valence-electron chi connectivity index (χ3n) is 0.711. The molecule has 2 heteroatoms. The molecular formula is C4H8IN. The maximum absolute atomic E-state index is 3.26. The van der Waals surface area contributed by atoms with Gasteiger partial charge in [-0.1, -0.05) is 0 Å². The molecule has 0 unspecified atom stereocenters. The van der Waals surface area contributed by atoms with Gasteiger partial charge in [-0.3, -0.25) is 0 Å². The van der Waals surface area contributed by atoms with E-state index in [-0.39, 0.29) is 0 Å². The molecular weight excluding hydrogens is 189 g/mol. The van der Waals surface area contributed by atoms with Crippen LogP contribution in [0.5, 0.6) is 0 Å². The van der Waals surface area contributed by atoms with E-state index in [1.54, 1.807) is 0 Å². The van der Waals surface area contributed by atoms with Crippen molar-refractivity contribution in [2.24, 2.45) is 0 Å². The number of halogens is 1. The van der Waals surface area contributed by atoms with E-state index in [0.717, 1.165) is 0 Å². The molecule has 1 heterocycles. The van der Waals surface area contributed by atoms with Crippen LogP contribution in [0.1, 0.15) is 0 Å². The fourth-order valence-corrected chi connectivity index (χ4v) is 2.17. The second-order valence-corrected chi connectivity index (χ2v) is 4.04. The fraction of sp³-hybridized carbons (Fsp3) is 0.750. The molecule has 0 aliphatic carbocycles. The summed E-state index contributed by atoms with van der Waals surface area (Å²) in [6, 6.07) is 0. The first-order valence-corrected chi connectivity index (χ1v) is 4.87. The molecule has 1 N–H and O–H groups in total. The second-order valence-electron chi connectivity index (χ2n) is 1.20. The van der Waals surface area contributed by atoms with E-state index in [9.17, 15) is 0 Å². The highest BCUT2D eigenvalue weighted by atomic mass is 127. The molecule has 1 aliphatic heterocycles. The predicted octanol–water partition coefficient (Wildman–Crippen LogP) is 0.362. The molecule has 0 aromatic rings. The molecule has 0 aromatic heterocycles. The van der Waals surface area contributed by atoms with Crippen LogP contribution in [0.4, 0.5) is 0 Å². The van der Waals surface area contributed by atoms with Gasteiger partial charge in [0.25, 0.3) is 0 Å². The van der Waals surface area contributed by atoms with Gasteiger partial charge in [0.05, 0.1) is 0 Å². The maximum atomic E-state index is 3.26. The van der Waals surface area contributed by atoms with E-state index in [1.165, 1.54) is 17.5 Å². The molecule has 0 fully saturated rings. The van der Waals surface area contributed by atoms with Crippen molar-refractivity contribution >= 4 is 24.7 Å². The Kier molecular flexibility index (Phi) is 2.11. The van der Waals surface area contributed by atoms with Crippen LogP contribution in [0, 0.1) is 0 Å². The van der Waals surface area contributed by atoms with Gasteiger partial charge in [0.2, 0.25) is 0 Å². The van der Waals surface area contributed by atoms with Crippen LogP contribution in [-0.4, -0.2) is 21.5 Å². The zero-order valence-electron chi connectivity index (χ0n) is 3.58. The summed E-state index contributed by atoms with van der Waals surface area (Å²) in [5.74, 6) is 0. The summed E-state index contributed by atoms with van der Waals surface area (Å²) < 4.78 is 3.83. The van der Waals surface area contributed by atoms with E-state index in [0.29, 0.717) is 20.7 Å². The van der Waals surface area contributed by atoms with E-state index in [1.807, 2.05) is 0 Å². The Morgan fingerprint density at radius 1 is 1.67 bits per heavy atom. The van der Waals surface area contributed by atoms with Crippen LogP contribution in [0.3, 0.4) is 0 Å². The molecule has 0 atom stereocenters. The van der Waals surface area contributed by atoms with Gasteiger partial charge in [0, 0.05) is 17.5 Å². The maximum Gasteiger partial charge on any atom is 0.0188 e. The first kappa shape index (κ1) is 4.71. The number of rotatable bonds is 0. The van der Waals surface area contributed by atoms with Gasteiger partial charge in [-0.15, -0.1) is 20.7 Å². The van der Waals surface area contributed by atoms with Gasteiger partial charge in [0.1, 0.15) is 0 Å². The third-order valence-corrected chi connectivity index (χ3v) is 2.94. The van der Waals surface area contributed by atoms with Gasteiger partial charge in [0.15, 0.2) is 0 Å². The summed E-state index contributed by atoms with van der Waals surface area (Å²) in [7, 11) is 0. The summed E-state index contributed by atoms with van der Waals surface area (Å²) in [5.41, 5.74) is 0. The molecule has 0 aromatic carbocycles. The van der Waals surface area contributed by atoms with Crippen molar-refractivity contribution in [3.8, 4) is 0 Å². The minimum Gasteiger partial charge on any atom is -0.312 e. The predicted molar refractivity (Wildman–Crippen MR) is 37.8 cm³/mol. The molecule has 36 valence electrons. The van der Waals surface area contributed by atoms with Crippen LogP contribution in [0.15, 0.2) is 0 Å². The van der Waals surface area contributed by atoms with Gasteiger partial charge in [-0.05, 0) is 4.01 Å². The van der Waals surface area contributed by atoms with Crippen LogP contribution < -0.4 is 5.32 Å². The summed E-state index contributed by atoms with van der Waals surface area (Å²) in [6.07, 6.45) is 0. The second kappa shape index (κ2) is 2.69. The van der Waals surface area contributed by atoms with Crippen LogP contribution in [0.2, 0.25) is 0 Å². The van der Waals surface area contributed by atoms with E-state index in [4.69, 9.17) is 0 Å². The standard InChI is InChI=1S/C4H8IN/c1-3-6-4-2-5-1/h1,6H,2-4H2. The van der Waals surface area contributed by atoms with Crippen LogP contribution >= 0.6 is 20.7 Å². The van der Waals surface area contributed by atoms with E-state index >= 15 is 0 Å². The Hall–Kier alpha value is 0.560. The topological polar surface area (TPSA) is 12.0 Å². The monoisotopic (exact) mass is 197 g/mol.